The van der Waals surface area contributed by atoms with Crippen LogP contribution in [-0.4, -0.2) is 29.4 Å². The SMILES string of the molecule is C[C@@](CF)(NC(=O)OCc1ccccc1)C(=O)O. The predicted molar refractivity (Wildman–Crippen MR) is 61.8 cm³/mol. The Morgan fingerprint density at radius 2 is 2.00 bits per heavy atom. The molecule has 0 aromatic heterocycles. The Hall–Kier alpha value is -2.11. The van der Waals surface area contributed by atoms with Gasteiger partial charge in [0, 0.05) is 0 Å². The Morgan fingerprint density at radius 1 is 1.39 bits per heavy atom. The van der Waals surface area contributed by atoms with Gasteiger partial charge in [-0.05, 0) is 12.5 Å². The molecule has 98 valence electrons. The number of halogens is 1. The number of aliphatic carboxylic acids is 1. The molecule has 0 aliphatic rings. The molecule has 1 aromatic rings. The second-order valence-electron chi connectivity index (χ2n) is 3.96. The maximum absolute atomic E-state index is 12.6. The lowest BCUT2D eigenvalue weighted by Gasteiger charge is -2.22. The molecule has 1 rings (SSSR count). The number of ether oxygens (including phenoxy) is 1. The van der Waals surface area contributed by atoms with E-state index in [4.69, 9.17) is 9.84 Å². The van der Waals surface area contributed by atoms with Crippen LogP contribution in [0.3, 0.4) is 0 Å². The van der Waals surface area contributed by atoms with Crippen molar-refractivity contribution in [1.82, 2.24) is 5.32 Å². The van der Waals surface area contributed by atoms with Gasteiger partial charge in [-0.15, -0.1) is 0 Å². The van der Waals surface area contributed by atoms with E-state index in [1.807, 2.05) is 11.4 Å². The summed E-state index contributed by atoms with van der Waals surface area (Å²) in [4.78, 5) is 22.1. The summed E-state index contributed by atoms with van der Waals surface area (Å²) >= 11 is 0. The topological polar surface area (TPSA) is 75.6 Å². The van der Waals surface area contributed by atoms with Gasteiger partial charge < -0.3 is 15.2 Å². The van der Waals surface area contributed by atoms with Crippen LogP contribution in [0.1, 0.15) is 12.5 Å². The molecule has 1 atom stereocenters. The van der Waals surface area contributed by atoms with Crippen LogP contribution in [-0.2, 0) is 16.1 Å². The summed E-state index contributed by atoms with van der Waals surface area (Å²) in [5.41, 5.74) is -1.21. The summed E-state index contributed by atoms with van der Waals surface area (Å²) in [6.45, 7) is -0.156. The first kappa shape index (κ1) is 14.0. The van der Waals surface area contributed by atoms with Gasteiger partial charge in [-0.25, -0.2) is 14.0 Å². The van der Waals surface area contributed by atoms with Crippen molar-refractivity contribution < 1.29 is 23.8 Å². The molecule has 0 fully saturated rings. The Morgan fingerprint density at radius 3 is 2.50 bits per heavy atom. The van der Waals surface area contributed by atoms with Crippen LogP contribution in [0.4, 0.5) is 9.18 Å². The van der Waals surface area contributed by atoms with Gasteiger partial charge in [0.2, 0.25) is 0 Å². The van der Waals surface area contributed by atoms with Crippen molar-refractivity contribution in [3.05, 3.63) is 35.9 Å². The third kappa shape index (κ3) is 3.73. The number of carbonyl (C=O) groups excluding carboxylic acids is 1. The lowest BCUT2D eigenvalue weighted by Crippen LogP contribution is -2.54. The Bertz CT molecular complexity index is 423. The van der Waals surface area contributed by atoms with E-state index < -0.39 is 24.3 Å². The zero-order valence-electron chi connectivity index (χ0n) is 9.85. The number of nitrogens with one attached hydrogen (secondary N) is 1. The van der Waals surface area contributed by atoms with Gasteiger partial charge in [0.15, 0.2) is 5.54 Å². The first-order chi connectivity index (χ1) is 8.48. The monoisotopic (exact) mass is 255 g/mol. The summed E-state index contributed by atoms with van der Waals surface area (Å²) in [5, 5.41) is 10.7. The molecule has 6 heteroatoms. The fraction of sp³-hybridized carbons (Fsp3) is 0.333. The van der Waals surface area contributed by atoms with Crippen LogP contribution in [0.2, 0.25) is 0 Å². The van der Waals surface area contributed by atoms with Crippen LogP contribution in [0.15, 0.2) is 30.3 Å². The largest absolute Gasteiger partial charge is 0.479 e. The van der Waals surface area contributed by atoms with Crippen molar-refractivity contribution in [3.8, 4) is 0 Å². The van der Waals surface area contributed by atoms with Crippen molar-refractivity contribution in [2.75, 3.05) is 6.67 Å². The minimum Gasteiger partial charge on any atom is -0.479 e. The van der Waals surface area contributed by atoms with Crippen molar-refractivity contribution in [1.29, 1.82) is 0 Å². The van der Waals surface area contributed by atoms with E-state index in [-0.39, 0.29) is 6.61 Å². The molecular weight excluding hydrogens is 241 g/mol. The normalized spacial score (nSPS) is 13.4. The third-order valence-electron chi connectivity index (χ3n) is 2.33. The molecule has 0 radical (unpaired) electrons. The minimum atomic E-state index is -1.96. The third-order valence-corrected chi connectivity index (χ3v) is 2.33. The molecule has 5 nitrogen and oxygen atoms in total. The van der Waals surface area contributed by atoms with Gasteiger partial charge in [0.1, 0.15) is 13.3 Å². The molecule has 0 aliphatic heterocycles. The number of amides is 1. The van der Waals surface area contributed by atoms with Crippen LogP contribution in [0.25, 0.3) is 0 Å². The number of hydrogen-bond acceptors (Lipinski definition) is 3. The van der Waals surface area contributed by atoms with Gasteiger partial charge >= 0.3 is 12.1 Å². The number of carboxylic acid groups (broad SMARTS) is 1. The van der Waals surface area contributed by atoms with Crippen molar-refractivity contribution in [3.63, 3.8) is 0 Å². The van der Waals surface area contributed by atoms with Crippen molar-refractivity contribution in [2.45, 2.75) is 19.1 Å². The van der Waals surface area contributed by atoms with E-state index >= 15 is 0 Å². The number of rotatable bonds is 5. The summed E-state index contributed by atoms with van der Waals surface area (Å²) in [7, 11) is 0. The number of alkyl halides is 1. The van der Waals surface area contributed by atoms with Gasteiger partial charge in [-0.1, -0.05) is 30.3 Å². The summed E-state index contributed by atoms with van der Waals surface area (Å²) < 4.78 is 17.4. The average Bonchev–Trinajstić information content (AvgIpc) is 2.37. The zero-order chi connectivity index (χ0) is 13.6. The number of hydrogen-bond donors (Lipinski definition) is 2. The number of carboxylic acids is 1. The quantitative estimate of drug-likeness (QED) is 0.840. The number of carbonyl (C=O) groups is 2. The number of benzene rings is 1. The Balaban J connectivity index is 2.49. The molecule has 1 aromatic carbocycles. The van der Waals surface area contributed by atoms with Gasteiger partial charge in [0.25, 0.3) is 0 Å². The smallest absolute Gasteiger partial charge is 0.408 e. The van der Waals surface area contributed by atoms with E-state index in [2.05, 4.69) is 0 Å². The highest BCUT2D eigenvalue weighted by atomic mass is 19.1. The van der Waals surface area contributed by atoms with Crippen molar-refractivity contribution in [2.24, 2.45) is 0 Å². The van der Waals surface area contributed by atoms with E-state index in [1.165, 1.54) is 0 Å². The maximum Gasteiger partial charge on any atom is 0.408 e. The summed E-state index contributed by atoms with van der Waals surface area (Å²) in [6, 6.07) is 8.87. The van der Waals surface area contributed by atoms with E-state index in [0.717, 1.165) is 12.5 Å². The molecule has 0 heterocycles. The molecule has 0 spiro atoms. The maximum atomic E-state index is 12.6. The standard InChI is InChI=1S/C12H14FNO4/c1-12(8-13,10(15)16)14-11(17)18-7-9-5-3-2-4-6-9/h2-6H,7-8H2,1H3,(H,14,17)(H,15,16)/t12-/m0/s1. The van der Waals surface area contributed by atoms with E-state index in [1.54, 1.807) is 24.3 Å². The average molecular weight is 255 g/mol. The van der Waals surface area contributed by atoms with Crippen LogP contribution >= 0.6 is 0 Å². The molecule has 1 amide bonds. The second-order valence-corrected chi connectivity index (χ2v) is 3.96. The molecule has 0 saturated carbocycles. The van der Waals surface area contributed by atoms with Gasteiger partial charge in [0.05, 0.1) is 0 Å². The zero-order valence-corrected chi connectivity index (χ0v) is 9.85. The Labute approximate surface area is 104 Å². The summed E-state index contributed by atoms with van der Waals surface area (Å²) in [5.74, 6) is -1.46. The molecular formula is C12H14FNO4. The first-order valence-electron chi connectivity index (χ1n) is 5.26. The molecule has 0 bridgehead atoms. The van der Waals surface area contributed by atoms with Crippen LogP contribution in [0.5, 0.6) is 0 Å². The molecule has 18 heavy (non-hydrogen) atoms. The molecule has 2 N–H and O–H groups in total. The minimum absolute atomic E-state index is 0.00530. The van der Waals surface area contributed by atoms with Gasteiger partial charge in [-0.3, -0.25) is 0 Å². The van der Waals surface area contributed by atoms with E-state index in [9.17, 15) is 14.0 Å². The lowest BCUT2D eigenvalue weighted by molar-refractivity contribution is -0.144. The number of alkyl carbamates (subject to hydrolysis) is 1. The highest BCUT2D eigenvalue weighted by Gasteiger charge is 2.35. The molecule has 0 saturated heterocycles. The fourth-order valence-corrected chi connectivity index (χ4v) is 1.13. The molecule has 0 unspecified atom stereocenters. The van der Waals surface area contributed by atoms with Crippen LogP contribution in [0, 0.1) is 0 Å². The second kappa shape index (κ2) is 6.00. The van der Waals surface area contributed by atoms with Crippen molar-refractivity contribution >= 4 is 12.1 Å². The Kier molecular flexibility index (Phi) is 4.65. The summed E-state index contributed by atoms with van der Waals surface area (Å²) in [6.07, 6.45) is -0.971. The molecule has 0 aliphatic carbocycles. The van der Waals surface area contributed by atoms with Crippen LogP contribution < -0.4 is 5.32 Å². The van der Waals surface area contributed by atoms with E-state index in [0.29, 0.717) is 0 Å². The first-order valence-corrected chi connectivity index (χ1v) is 5.26. The predicted octanol–water partition coefficient (Wildman–Crippen LogP) is 1.73. The van der Waals surface area contributed by atoms with Gasteiger partial charge in [-0.2, -0.15) is 0 Å². The highest BCUT2D eigenvalue weighted by Crippen LogP contribution is 2.06. The lowest BCUT2D eigenvalue weighted by atomic mass is 10.1. The fourth-order valence-electron chi connectivity index (χ4n) is 1.13. The highest BCUT2D eigenvalue weighted by molar-refractivity contribution is 5.84.